The third-order valence-corrected chi connectivity index (χ3v) is 6.40. The highest BCUT2D eigenvalue weighted by Gasteiger charge is 2.34. The maximum absolute atomic E-state index is 10.7. The van der Waals surface area contributed by atoms with Crippen molar-refractivity contribution in [2.24, 2.45) is 5.92 Å². The molecule has 0 heterocycles. The number of rotatable bonds is 28. The molecular formula is C26H53NO15. The van der Waals surface area contributed by atoms with E-state index >= 15 is 0 Å². The van der Waals surface area contributed by atoms with Crippen LogP contribution >= 0.6 is 0 Å². The molecule has 0 saturated heterocycles. The van der Waals surface area contributed by atoms with Gasteiger partial charge in [-0.1, -0.05) is 6.92 Å². The highest BCUT2D eigenvalue weighted by Crippen LogP contribution is 2.11. The number of carbonyl (C=O) groups is 1. The fourth-order valence-corrected chi connectivity index (χ4v) is 3.82. The van der Waals surface area contributed by atoms with Crippen molar-refractivity contribution in [1.29, 1.82) is 0 Å². The average Bonchev–Trinajstić information content (AvgIpc) is 2.98. The first-order valence-electron chi connectivity index (χ1n) is 14.1. The summed E-state index contributed by atoms with van der Waals surface area (Å²) in [5.74, 6) is -0.0589. The van der Waals surface area contributed by atoms with Gasteiger partial charge in [0.2, 0.25) is 0 Å². The van der Waals surface area contributed by atoms with Gasteiger partial charge in [0, 0.05) is 25.6 Å². The highest BCUT2D eigenvalue weighted by atomic mass is 16.6. The molecule has 0 aromatic carbocycles. The molecule has 0 aromatic heterocycles. The van der Waals surface area contributed by atoms with E-state index in [1.54, 1.807) is 0 Å². The second-order valence-electron chi connectivity index (χ2n) is 10.2. The molecule has 0 spiro atoms. The van der Waals surface area contributed by atoms with Crippen molar-refractivity contribution in [2.45, 2.75) is 75.2 Å². The second kappa shape index (κ2) is 24.4. The molecule has 0 aliphatic carbocycles. The van der Waals surface area contributed by atoms with E-state index in [-0.39, 0.29) is 51.5 Å². The van der Waals surface area contributed by atoms with Gasteiger partial charge in [0.15, 0.2) is 0 Å². The minimum atomic E-state index is -1.87. The van der Waals surface area contributed by atoms with Crippen molar-refractivity contribution in [2.75, 3.05) is 79.1 Å². The highest BCUT2D eigenvalue weighted by molar-refractivity contribution is 5.52. The number of ether oxygens (including phenoxy) is 4. The van der Waals surface area contributed by atoms with E-state index in [4.69, 9.17) is 29.2 Å². The van der Waals surface area contributed by atoms with Crippen molar-refractivity contribution in [3.63, 3.8) is 0 Å². The number of aldehydes is 1. The van der Waals surface area contributed by atoms with Crippen LogP contribution in [0.2, 0.25) is 0 Å². The van der Waals surface area contributed by atoms with Gasteiger partial charge < -0.3 is 74.8 Å². The summed E-state index contributed by atoms with van der Waals surface area (Å²) in [6.07, 6.45) is -12.7. The summed E-state index contributed by atoms with van der Waals surface area (Å²) in [4.78, 5) is 12.0. The minimum Gasteiger partial charge on any atom is -0.394 e. The van der Waals surface area contributed by atoms with Gasteiger partial charge in [-0.05, 0) is 13.3 Å². The van der Waals surface area contributed by atoms with Crippen LogP contribution in [0.4, 0.5) is 0 Å². The third kappa shape index (κ3) is 18.0. The molecular weight excluding hydrogens is 566 g/mol. The van der Waals surface area contributed by atoms with Crippen LogP contribution in [0, 0.1) is 5.92 Å². The van der Waals surface area contributed by atoms with E-state index < -0.39 is 62.0 Å². The van der Waals surface area contributed by atoms with E-state index in [9.17, 15) is 45.6 Å². The molecule has 10 atom stereocenters. The predicted molar refractivity (Wildman–Crippen MR) is 146 cm³/mol. The van der Waals surface area contributed by atoms with Gasteiger partial charge in [-0.3, -0.25) is 4.90 Å². The summed E-state index contributed by atoms with van der Waals surface area (Å²) in [7, 11) is 0. The molecule has 2 unspecified atom stereocenters. The van der Waals surface area contributed by atoms with E-state index in [0.717, 1.165) is 6.29 Å². The Kier molecular flexibility index (Phi) is 23.9. The zero-order valence-electron chi connectivity index (χ0n) is 24.5. The molecule has 0 amide bonds. The molecule has 16 heteroatoms. The minimum absolute atomic E-state index is 0.0397. The largest absolute Gasteiger partial charge is 0.394 e. The molecule has 0 saturated carbocycles. The monoisotopic (exact) mass is 619 g/mol. The molecule has 42 heavy (non-hydrogen) atoms. The number of carbonyl (C=O) groups excluding carboxylic acids is 1. The lowest BCUT2D eigenvalue weighted by molar-refractivity contribution is -0.131. The summed E-state index contributed by atoms with van der Waals surface area (Å²) < 4.78 is 21.9. The fraction of sp³-hybridized carbons (Fsp3) is 0.962. The summed E-state index contributed by atoms with van der Waals surface area (Å²) in [6, 6.07) is 0. The maximum Gasteiger partial charge on any atom is 0.122 e. The Balaban J connectivity index is 4.51. The number of nitrogens with zero attached hydrogens (tertiary/aromatic N) is 1. The van der Waals surface area contributed by atoms with Gasteiger partial charge in [-0.15, -0.1) is 0 Å². The van der Waals surface area contributed by atoms with E-state index in [1.165, 1.54) is 4.90 Å². The zero-order chi connectivity index (χ0) is 32.1. The summed E-state index contributed by atoms with van der Waals surface area (Å²) in [5, 5.41) is 97.5. The maximum atomic E-state index is 10.7. The van der Waals surface area contributed by atoms with Crippen molar-refractivity contribution >= 4 is 6.29 Å². The first kappa shape index (κ1) is 41.1. The molecule has 16 nitrogen and oxygen atoms in total. The standard InChI is InChI=1S/C26H53NO15/c1-17(14-28)11-18(2)42-10-9-41-8-7-40-6-5-39-4-3-27(12-19(31)23(35)25(37)21(33)15-29)13-20(32)24(36)26(38)22(34)16-30/h14,17-26,29-38H,3-13,15-16H2,1-2H3/t17?,18?,19-,20-,21+,22+,23+,24+,25+,26+/m0/s1. The number of aliphatic hydroxyl groups is 10. The van der Waals surface area contributed by atoms with Crippen LogP contribution in [0.3, 0.4) is 0 Å². The molecule has 0 aliphatic heterocycles. The van der Waals surface area contributed by atoms with Gasteiger partial charge in [0.25, 0.3) is 0 Å². The van der Waals surface area contributed by atoms with Gasteiger partial charge >= 0.3 is 0 Å². The van der Waals surface area contributed by atoms with Crippen LogP contribution in [0.5, 0.6) is 0 Å². The third-order valence-electron chi connectivity index (χ3n) is 6.40. The molecule has 252 valence electrons. The Bertz CT molecular complexity index is 621. The van der Waals surface area contributed by atoms with E-state index in [1.807, 2.05) is 13.8 Å². The Hall–Kier alpha value is -0.930. The molecule has 0 radical (unpaired) electrons. The topological polar surface area (TPSA) is 260 Å². The Labute approximate surface area is 246 Å². The Morgan fingerprint density at radius 2 is 0.976 bits per heavy atom. The number of aliphatic hydroxyl groups excluding tert-OH is 10. The molecule has 0 fully saturated rings. The molecule has 0 aliphatic rings. The quantitative estimate of drug-likeness (QED) is 0.0290. The molecule has 0 rings (SSSR count). The van der Waals surface area contributed by atoms with Gasteiger partial charge in [0.05, 0.1) is 77.8 Å². The normalized spacial score (nSPS) is 19.5. The van der Waals surface area contributed by atoms with Crippen molar-refractivity contribution in [3.05, 3.63) is 0 Å². The van der Waals surface area contributed by atoms with Crippen LogP contribution in [0.25, 0.3) is 0 Å². The SMILES string of the molecule is CC(C=O)CC(C)OCCOCCOCCOCCN(C[C@H](O)[C@@H](O)[C@H](O)[C@H](O)CO)C[C@H](O)[C@@H](O)[C@H](O)[C@H](O)CO. The van der Waals surface area contributed by atoms with Crippen LogP contribution in [-0.2, 0) is 23.7 Å². The Morgan fingerprint density at radius 1 is 0.595 bits per heavy atom. The lowest BCUT2D eigenvalue weighted by Crippen LogP contribution is -2.53. The van der Waals surface area contributed by atoms with Crippen LogP contribution in [-0.4, -0.2) is 196 Å². The lowest BCUT2D eigenvalue weighted by Gasteiger charge is -2.33. The Morgan fingerprint density at radius 3 is 1.38 bits per heavy atom. The van der Waals surface area contributed by atoms with Gasteiger partial charge in [-0.25, -0.2) is 0 Å². The van der Waals surface area contributed by atoms with Gasteiger partial charge in [0.1, 0.15) is 42.9 Å². The van der Waals surface area contributed by atoms with Crippen LogP contribution < -0.4 is 0 Å². The summed E-state index contributed by atoms with van der Waals surface area (Å²) >= 11 is 0. The first-order chi connectivity index (χ1) is 19.9. The molecule has 0 aromatic rings. The predicted octanol–water partition coefficient (Wildman–Crippen LogP) is -5.16. The lowest BCUT2D eigenvalue weighted by atomic mass is 10.0. The fourth-order valence-electron chi connectivity index (χ4n) is 3.82. The van der Waals surface area contributed by atoms with Crippen LogP contribution in [0.15, 0.2) is 0 Å². The van der Waals surface area contributed by atoms with Crippen molar-refractivity contribution in [3.8, 4) is 0 Å². The summed E-state index contributed by atoms with van der Waals surface area (Å²) in [5.41, 5.74) is 0. The smallest absolute Gasteiger partial charge is 0.122 e. The number of hydrogen-bond acceptors (Lipinski definition) is 16. The average molecular weight is 620 g/mol. The first-order valence-corrected chi connectivity index (χ1v) is 14.1. The van der Waals surface area contributed by atoms with Gasteiger partial charge in [-0.2, -0.15) is 0 Å². The summed E-state index contributed by atoms with van der Waals surface area (Å²) in [6.45, 7) is 3.17. The van der Waals surface area contributed by atoms with Crippen LogP contribution in [0.1, 0.15) is 20.3 Å². The van der Waals surface area contributed by atoms with E-state index in [0.29, 0.717) is 32.8 Å². The second-order valence-corrected chi connectivity index (χ2v) is 10.2. The zero-order valence-corrected chi connectivity index (χ0v) is 24.5. The molecule has 10 N–H and O–H groups in total. The van der Waals surface area contributed by atoms with Crippen molar-refractivity contribution in [1.82, 2.24) is 4.90 Å². The van der Waals surface area contributed by atoms with E-state index in [2.05, 4.69) is 0 Å². The van der Waals surface area contributed by atoms with Crippen molar-refractivity contribution < 1.29 is 74.8 Å². The number of hydrogen-bond donors (Lipinski definition) is 10. The molecule has 0 bridgehead atoms.